The third-order valence-corrected chi connectivity index (χ3v) is 8.35. The Labute approximate surface area is 227 Å². The number of carboxylic acids is 1. The second-order valence-electron chi connectivity index (χ2n) is 7.56. The van der Waals surface area contributed by atoms with Crippen molar-refractivity contribution in [3.63, 3.8) is 0 Å². The molecule has 0 bridgehead atoms. The van der Waals surface area contributed by atoms with E-state index in [1.165, 1.54) is 24.2 Å². The van der Waals surface area contributed by atoms with Crippen LogP contribution in [0.1, 0.15) is 16.3 Å². The summed E-state index contributed by atoms with van der Waals surface area (Å²) in [6.45, 7) is 3.98. The largest absolute Gasteiger partial charge is 0.477 e. The lowest BCUT2D eigenvalue weighted by atomic mass is 10.0. The van der Waals surface area contributed by atoms with Crippen molar-refractivity contribution >= 4 is 69.5 Å². The highest BCUT2D eigenvalue weighted by atomic mass is 32.2. The van der Waals surface area contributed by atoms with Gasteiger partial charge in [0, 0.05) is 28.7 Å². The maximum atomic E-state index is 13.0. The molecule has 2 aromatic rings. The van der Waals surface area contributed by atoms with Gasteiger partial charge in [-0.3, -0.25) is 19.1 Å². The van der Waals surface area contributed by atoms with E-state index in [1.54, 1.807) is 7.05 Å². The van der Waals surface area contributed by atoms with Crippen LogP contribution in [0.25, 0.3) is 0 Å². The molecule has 2 aliphatic rings. The Morgan fingerprint density at radius 3 is 2.68 bits per heavy atom. The van der Waals surface area contributed by atoms with Crippen molar-refractivity contribution in [2.24, 2.45) is 12.2 Å². The van der Waals surface area contributed by atoms with E-state index in [9.17, 15) is 24.3 Å². The number of nitrogens with two attached hydrogens (primary N) is 1. The Balaban J connectivity index is 1.53. The number of β-lactam (4-membered cyclic amide) rings is 1. The molecule has 0 aromatic carbocycles. The zero-order valence-corrected chi connectivity index (χ0v) is 22.5. The van der Waals surface area contributed by atoms with Gasteiger partial charge in [-0.15, -0.1) is 21.5 Å². The SMILES string of the molecule is C=C1S[C@@H]2[C@H](NC(=O)/C(=N\OC)c3csc(N)n3)C(=O)N2C(C(=O)O)=C1CSc1nnc(C(=O)OC)n1C. The molecule has 4 heterocycles. The van der Waals surface area contributed by atoms with Gasteiger partial charge < -0.3 is 25.7 Å². The maximum absolute atomic E-state index is 13.0. The monoisotopic (exact) mass is 580 g/mol. The molecule has 0 aliphatic carbocycles. The number of thiazole rings is 1. The molecule has 2 amide bonds. The summed E-state index contributed by atoms with van der Waals surface area (Å²) in [6, 6.07) is -1.05. The third-order valence-electron chi connectivity index (χ3n) is 5.37. The predicted octanol–water partition coefficient (Wildman–Crippen LogP) is 0.0355. The van der Waals surface area contributed by atoms with Crippen molar-refractivity contribution in [3.05, 3.63) is 39.7 Å². The van der Waals surface area contributed by atoms with Crippen LogP contribution in [0.15, 0.2) is 38.4 Å². The van der Waals surface area contributed by atoms with Gasteiger partial charge in [-0.05, 0) is 0 Å². The normalized spacial score (nSPS) is 19.1. The number of amides is 2. The maximum Gasteiger partial charge on any atom is 0.376 e. The molecular formula is C20H20N8O7S3. The number of methoxy groups -OCH3 is 1. The summed E-state index contributed by atoms with van der Waals surface area (Å²) in [4.78, 5) is 60.2. The van der Waals surface area contributed by atoms with Crippen LogP contribution in [0.4, 0.5) is 5.13 Å². The average molecular weight is 581 g/mol. The lowest BCUT2D eigenvalue weighted by Gasteiger charge is -2.49. The first kappa shape index (κ1) is 27.1. The summed E-state index contributed by atoms with van der Waals surface area (Å²) in [5, 5.41) is 25.3. The van der Waals surface area contributed by atoms with Crippen LogP contribution in [0, 0.1) is 0 Å². The van der Waals surface area contributed by atoms with Gasteiger partial charge in [0.05, 0.1) is 7.11 Å². The fourth-order valence-electron chi connectivity index (χ4n) is 3.58. The number of anilines is 1. The summed E-state index contributed by atoms with van der Waals surface area (Å²) in [5.41, 5.74) is 5.66. The molecule has 4 N–H and O–H groups in total. The molecule has 38 heavy (non-hydrogen) atoms. The summed E-state index contributed by atoms with van der Waals surface area (Å²) < 4.78 is 6.07. The van der Waals surface area contributed by atoms with Gasteiger partial charge in [-0.1, -0.05) is 35.3 Å². The first-order valence-corrected chi connectivity index (χ1v) is 13.2. The van der Waals surface area contributed by atoms with E-state index in [0.717, 1.165) is 39.8 Å². The van der Waals surface area contributed by atoms with E-state index >= 15 is 0 Å². The summed E-state index contributed by atoms with van der Waals surface area (Å²) in [6.07, 6.45) is 0. The molecule has 2 aromatic heterocycles. The second kappa shape index (κ2) is 10.8. The lowest BCUT2D eigenvalue weighted by Crippen LogP contribution is -2.70. The van der Waals surface area contributed by atoms with Crippen molar-refractivity contribution in [2.75, 3.05) is 25.7 Å². The van der Waals surface area contributed by atoms with Gasteiger partial charge in [-0.25, -0.2) is 14.6 Å². The number of nitrogens with zero attached hydrogens (tertiary/aromatic N) is 6. The number of ether oxygens (including phenoxy) is 1. The topological polar surface area (TPSA) is 204 Å². The number of aliphatic carboxylic acids is 1. The molecule has 0 saturated carbocycles. The van der Waals surface area contributed by atoms with Gasteiger partial charge in [0.1, 0.15) is 29.9 Å². The number of nitrogen functional groups attached to an aromatic ring is 1. The number of hydrogen-bond acceptors (Lipinski definition) is 14. The Kier molecular flexibility index (Phi) is 7.74. The zero-order valence-electron chi connectivity index (χ0n) is 20.0. The number of thioether (sulfide) groups is 2. The Hall–Kier alpha value is -3.90. The Morgan fingerprint density at radius 2 is 2.08 bits per heavy atom. The molecule has 2 atom stereocenters. The van der Waals surface area contributed by atoms with E-state index < -0.39 is 35.2 Å². The van der Waals surface area contributed by atoms with Gasteiger partial charge in [0.15, 0.2) is 16.0 Å². The summed E-state index contributed by atoms with van der Waals surface area (Å²) in [5.74, 6) is -3.32. The number of carbonyl (C=O) groups excluding carboxylic acids is 3. The molecule has 18 heteroatoms. The number of esters is 1. The van der Waals surface area contributed by atoms with E-state index in [-0.39, 0.29) is 33.8 Å². The molecule has 200 valence electrons. The molecule has 15 nitrogen and oxygen atoms in total. The number of carboxylic acid groups (broad SMARTS) is 1. The van der Waals surface area contributed by atoms with Gasteiger partial charge in [-0.2, -0.15) is 0 Å². The molecule has 0 unspecified atom stereocenters. The van der Waals surface area contributed by atoms with Gasteiger partial charge in [0.2, 0.25) is 5.82 Å². The number of allylic oxidation sites excluding steroid dienone is 1. The van der Waals surface area contributed by atoms with E-state index in [2.05, 4.69) is 37.0 Å². The van der Waals surface area contributed by atoms with Crippen LogP contribution in [0.3, 0.4) is 0 Å². The minimum absolute atomic E-state index is 0.0208. The Bertz CT molecular complexity index is 1410. The minimum atomic E-state index is -1.34. The number of rotatable bonds is 9. The molecule has 1 saturated heterocycles. The molecule has 2 aliphatic heterocycles. The van der Waals surface area contributed by atoms with Crippen LogP contribution >= 0.6 is 34.9 Å². The smallest absolute Gasteiger partial charge is 0.376 e. The Morgan fingerprint density at radius 1 is 1.34 bits per heavy atom. The first-order valence-electron chi connectivity index (χ1n) is 10.5. The molecule has 0 spiro atoms. The first-order chi connectivity index (χ1) is 18.1. The minimum Gasteiger partial charge on any atom is -0.477 e. The fraction of sp³-hybridized carbons (Fsp3) is 0.300. The molecule has 1 fully saturated rings. The molecular weight excluding hydrogens is 560 g/mol. The lowest BCUT2D eigenvalue weighted by molar-refractivity contribution is -0.150. The van der Waals surface area contributed by atoms with Crippen molar-refractivity contribution in [2.45, 2.75) is 16.6 Å². The van der Waals surface area contributed by atoms with Crippen LogP contribution in [-0.2, 0) is 31.0 Å². The number of aromatic nitrogens is 4. The number of nitrogens with one attached hydrogen (secondary N) is 1. The standard InChI is InChI=1S/C20H20N8O7S3/c1-7-8(5-37-20-25-24-13(27(20)2)18(33)34-3)12(17(31)32)28-15(30)11(16(28)38-7)23-14(29)10(26-35-4)9-6-36-19(21)22-9/h6,11,16H,1,5H2,2-4H3,(H2,21,22)(H,23,29)(H,31,32)/b26-10-/t11-,16-/m1/s1. The van der Waals surface area contributed by atoms with Crippen LogP contribution < -0.4 is 11.1 Å². The van der Waals surface area contributed by atoms with Crippen molar-refractivity contribution < 1.29 is 33.9 Å². The van der Waals surface area contributed by atoms with Crippen LogP contribution in [0.5, 0.6) is 0 Å². The second-order valence-corrected chi connectivity index (χ2v) is 10.6. The number of oxime groups is 1. The van der Waals surface area contributed by atoms with E-state index in [0.29, 0.717) is 15.6 Å². The van der Waals surface area contributed by atoms with Crippen LogP contribution in [-0.4, -0.2) is 90.6 Å². The van der Waals surface area contributed by atoms with Crippen molar-refractivity contribution in [1.29, 1.82) is 0 Å². The summed E-state index contributed by atoms with van der Waals surface area (Å²) >= 11 is 3.34. The van der Waals surface area contributed by atoms with E-state index in [4.69, 9.17) is 10.6 Å². The van der Waals surface area contributed by atoms with Crippen LogP contribution in [0.2, 0.25) is 0 Å². The van der Waals surface area contributed by atoms with E-state index in [1.807, 2.05) is 0 Å². The van der Waals surface area contributed by atoms with Gasteiger partial charge in [0.25, 0.3) is 11.8 Å². The predicted molar refractivity (Wildman–Crippen MR) is 137 cm³/mol. The van der Waals surface area contributed by atoms with Crippen molar-refractivity contribution in [1.82, 2.24) is 30.0 Å². The number of carbonyl (C=O) groups is 4. The number of fused-ring (bicyclic) bond motifs is 1. The molecule has 4 rings (SSSR count). The quantitative estimate of drug-likeness (QED) is 0.118. The highest BCUT2D eigenvalue weighted by Crippen LogP contribution is 2.46. The average Bonchev–Trinajstić information content (AvgIpc) is 3.48. The number of hydrogen-bond donors (Lipinski definition) is 3. The molecule has 0 radical (unpaired) electrons. The highest BCUT2D eigenvalue weighted by Gasteiger charge is 2.55. The summed E-state index contributed by atoms with van der Waals surface area (Å²) in [7, 11) is 4.03. The fourth-order valence-corrected chi connectivity index (χ4v) is 6.42. The van der Waals surface area contributed by atoms with Gasteiger partial charge >= 0.3 is 11.9 Å². The third kappa shape index (κ3) is 4.84. The van der Waals surface area contributed by atoms with Crippen molar-refractivity contribution in [3.8, 4) is 0 Å². The zero-order chi connectivity index (χ0) is 27.7. The highest BCUT2D eigenvalue weighted by molar-refractivity contribution is 8.04.